The van der Waals surface area contributed by atoms with Gasteiger partial charge in [0.05, 0.1) is 0 Å². The first-order valence-corrected chi connectivity index (χ1v) is 3.38. The van der Waals surface area contributed by atoms with Crippen LogP contribution in [0.4, 0.5) is 3.89 Å². The summed E-state index contributed by atoms with van der Waals surface area (Å²) in [6.07, 6.45) is 3.06. The van der Waals surface area contributed by atoms with Crippen molar-refractivity contribution in [2.75, 3.05) is 0 Å². The molecule has 0 aliphatic carbocycles. The summed E-state index contributed by atoms with van der Waals surface area (Å²) in [6.45, 7) is 0. The Balaban J connectivity index is 3.20. The topological polar surface area (TPSA) is 52.0 Å². The monoisotopic (exact) mass is 150 g/mol. The second-order valence-electron chi connectivity index (χ2n) is 1.33. The minimum atomic E-state index is -4.61. The van der Waals surface area contributed by atoms with Crippen LogP contribution in [0.2, 0.25) is 0 Å². The highest BCUT2D eigenvalue weighted by molar-refractivity contribution is 7.84. The SMILES string of the molecule is O=S(=O)(F)n1ccnc1. The Hall–Kier alpha value is -0.910. The van der Waals surface area contributed by atoms with E-state index in [1.807, 2.05) is 0 Å². The van der Waals surface area contributed by atoms with Crippen LogP contribution in [-0.2, 0) is 10.4 Å². The molecule has 4 nitrogen and oxygen atoms in total. The van der Waals surface area contributed by atoms with Gasteiger partial charge in [0.25, 0.3) is 0 Å². The van der Waals surface area contributed by atoms with Crippen molar-refractivity contribution in [3.63, 3.8) is 0 Å². The molecule has 1 aromatic rings. The van der Waals surface area contributed by atoms with Crippen LogP contribution < -0.4 is 0 Å². The van der Waals surface area contributed by atoms with Gasteiger partial charge in [-0.3, -0.25) is 0 Å². The lowest BCUT2D eigenvalue weighted by atomic mass is 11.0. The van der Waals surface area contributed by atoms with Gasteiger partial charge in [0, 0.05) is 12.4 Å². The van der Waals surface area contributed by atoms with Crippen molar-refractivity contribution in [2.24, 2.45) is 0 Å². The zero-order valence-corrected chi connectivity index (χ0v) is 5.05. The van der Waals surface area contributed by atoms with E-state index >= 15 is 0 Å². The number of nitrogens with zero attached hydrogens (tertiary/aromatic N) is 2. The van der Waals surface area contributed by atoms with Crippen LogP contribution in [-0.4, -0.2) is 17.4 Å². The highest BCUT2D eigenvalue weighted by atomic mass is 32.3. The summed E-state index contributed by atoms with van der Waals surface area (Å²) in [5.74, 6) is 0. The molecule has 9 heavy (non-hydrogen) atoms. The summed E-state index contributed by atoms with van der Waals surface area (Å²) in [5, 5.41) is 0. The standard InChI is InChI=1S/C3H3FN2O2S/c4-9(7,8)6-2-1-5-3-6/h1-3H. The molecule has 0 amide bonds. The van der Waals surface area contributed by atoms with E-state index in [9.17, 15) is 12.3 Å². The van der Waals surface area contributed by atoms with Crippen molar-refractivity contribution < 1.29 is 12.3 Å². The van der Waals surface area contributed by atoms with E-state index in [4.69, 9.17) is 0 Å². The van der Waals surface area contributed by atoms with Crippen LogP contribution in [0.5, 0.6) is 0 Å². The van der Waals surface area contributed by atoms with Crippen molar-refractivity contribution in [3.05, 3.63) is 18.7 Å². The first-order chi connectivity index (χ1) is 4.11. The maximum absolute atomic E-state index is 11.8. The average Bonchev–Trinajstić information content (AvgIpc) is 2.08. The van der Waals surface area contributed by atoms with Gasteiger partial charge in [-0.1, -0.05) is 3.89 Å². The molecule has 0 radical (unpaired) electrons. The van der Waals surface area contributed by atoms with Crippen LogP contribution in [0.25, 0.3) is 0 Å². The fraction of sp³-hybridized carbons (Fsp3) is 0. The molecule has 0 unspecified atom stereocenters. The number of hydrogen-bond donors (Lipinski definition) is 0. The van der Waals surface area contributed by atoms with E-state index in [0.717, 1.165) is 12.5 Å². The Morgan fingerprint density at radius 1 is 1.56 bits per heavy atom. The van der Waals surface area contributed by atoms with E-state index in [1.165, 1.54) is 6.20 Å². The summed E-state index contributed by atoms with van der Waals surface area (Å²) in [7, 11) is -4.61. The molecule has 0 N–H and O–H groups in total. The predicted octanol–water partition coefficient (Wildman–Crippen LogP) is -0.0545. The zero-order chi connectivity index (χ0) is 6.91. The summed E-state index contributed by atoms with van der Waals surface area (Å²) in [6, 6.07) is 0. The Labute approximate surface area is 51.3 Å². The largest absolute Gasteiger partial charge is 0.404 e. The summed E-state index contributed by atoms with van der Waals surface area (Å²) >= 11 is 0. The Kier molecular flexibility index (Phi) is 1.24. The van der Waals surface area contributed by atoms with Gasteiger partial charge in [0.1, 0.15) is 6.33 Å². The predicted molar refractivity (Wildman–Crippen MR) is 27.7 cm³/mol. The number of imidazole rings is 1. The minimum absolute atomic E-state index is 0.382. The number of rotatable bonds is 1. The lowest BCUT2D eigenvalue weighted by Crippen LogP contribution is -2.01. The third-order valence-corrected chi connectivity index (χ3v) is 1.45. The van der Waals surface area contributed by atoms with Crippen LogP contribution in [0.15, 0.2) is 18.7 Å². The molecule has 0 saturated carbocycles. The Bertz CT molecular complexity index is 277. The van der Waals surface area contributed by atoms with Gasteiger partial charge in [-0.25, -0.2) is 8.96 Å². The molecule has 6 heteroatoms. The molecule has 0 spiro atoms. The molecular formula is C3H3FN2O2S. The highest BCUT2D eigenvalue weighted by Crippen LogP contribution is 1.95. The fourth-order valence-electron chi connectivity index (χ4n) is 0.376. The Morgan fingerprint density at radius 2 is 2.22 bits per heavy atom. The van der Waals surface area contributed by atoms with E-state index < -0.39 is 10.4 Å². The summed E-state index contributed by atoms with van der Waals surface area (Å²) in [5.41, 5.74) is 0. The van der Waals surface area contributed by atoms with E-state index in [1.54, 1.807) is 0 Å². The molecule has 1 aromatic heterocycles. The van der Waals surface area contributed by atoms with Crippen LogP contribution in [0.3, 0.4) is 0 Å². The van der Waals surface area contributed by atoms with Gasteiger partial charge >= 0.3 is 10.4 Å². The summed E-state index contributed by atoms with van der Waals surface area (Å²) < 4.78 is 32.1. The van der Waals surface area contributed by atoms with E-state index in [-0.39, 0.29) is 0 Å². The van der Waals surface area contributed by atoms with Crippen molar-refractivity contribution in [3.8, 4) is 0 Å². The molecule has 50 valence electrons. The molecule has 0 aliphatic heterocycles. The molecule has 1 rings (SSSR count). The van der Waals surface area contributed by atoms with Crippen molar-refractivity contribution in [1.82, 2.24) is 8.96 Å². The average molecular weight is 150 g/mol. The van der Waals surface area contributed by atoms with Crippen molar-refractivity contribution in [1.29, 1.82) is 0 Å². The summed E-state index contributed by atoms with van der Waals surface area (Å²) in [4.78, 5) is 3.33. The van der Waals surface area contributed by atoms with Crippen LogP contribution in [0, 0.1) is 0 Å². The molecule has 0 bridgehead atoms. The van der Waals surface area contributed by atoms with Gasteiger partial charge in [0.2, 0.25) is 0 Å². The van der Waals surface area contributed by atoms with Crippen LogP contribution >= 0.6 is 0 Å². The zero-order valence-electron chi connectivity index (χ0n) is 4.23. The number of hydrogen-bond acceptors (Lipinski definition) is 3. The lowest BCUT2D eigenvalue weighted by molar-refractivity contribution is 0.541. The van der Waals surface area contributed by atoms with Crippen LogP contribution in [0.1, 0.15) is 0 Å². The van der Waals surface area contributed by atoms with Gasteiger partial charge in [-0.15, -0.1) is 0 Å². The van der Waals surface area contributed by atoms with E-state index in [2.05, 4.69) is 4.98 Å². The third-order valence-electron chi connectivity index (χ3n) is 0.732. The highest BCUT2D eigenvalue weighted by Gasteiger charge is 2.06. The maximum atomic E-state index is 11.8. The number of halogens is 1. The number of aromatic nitrogens is 2. The second-order valence-corrected chi connectivity index (χ2v) is 2.58. The molecule has 1 heterocycles. The normalized spacial score (nSPS) is 11.7. The second kappa shape index (κ2) is 1.80. The fourth-order valence-corrected chi connectivity index (χ4v) is 0.743. The third kappa shape index (κ3) is 1.26. The molecule has 0 saturated heterocycles. The van der Waals surface area contributed by atoms with E-state index in [0.29, 0.717) is 3.97 Å². The first kappa shape index (κ1) is 6.21. The minimum Gasteiger partial charge on any atom is -0.244 e. The Morgan fingerprint density at radius 3 is 2.44 bits per heavy atom. The van der Waals surface area contributed by atoms with Crippen molar-refractivity contribution in [2.45, 2.75) is 0 Å². The van der Waals surface area contributed by atoms with Crippen molar-refractivity contribution >= 4 is 10.4 Å². The molecule has 0 fully saturated rings. The molecule has 0 aromatic carbocycles. The molecule has 0 atom stereocenters. The first-order valence-electron chi connectivity index (χ1n) is 2.04. The maximum Gasteiger partial charge on any atom is 0.404 e. The van der Waals surface area contributed by atoms with Gasteiger partial charge in [-0.05, 0) is 0 Å². The lowest BCUT2D eigenvalue weighted by Gasteiger charge is -1.87. The van der Waals surface area contributed by atoms with Gasteiger partial charge in [0.15, 0.2) is 0 Å². The van der Waals surface area contributed by atoms with Gasteiger partial charge in [-0.2, -0.15) is 8.42 Å². The molecular weight excluding hydrogens is 147 g/mol. The quantitative estimate of drug-likeness (QED) is 0.527. The van der Waals surface area contributed by atoms with Gasteiger partial charge < -0.3 is 0 Å². The molecule has 0 aliphatic rings. The smallest absolute Gasteiger partial charge is 0.244 e.